The molecule has 0 saturated heterocycles. The summed E-state index contributed by atoms with van der Waals surface area (Å²) in [6.45, 7) is 0. The van der Waals surface area contributed by atoms with E-state index < -0.39 is 0 Å². The molecule has 5 heteroatoms. The summed E-state index contributed by atoms with van der Waals surface area (Å²) in [5, 5.41) is 8.56. The van der Waals surface area contributed by atoms with Crippen LogP contribution in [0.15, 0.2) is 48.7 Å². The Morgan fingerprint density at radius 1 is 1.10 bits per heavy atom. The smallest absolute Gasteiger partial charge is 0.233 e. The standard InChI is InChI=1S/C15H11N3O2/c1-20-14-7-6-13(17-18-14)15(19)11-8-10-4-2-3-5-12(10)16-9-11/h2-9H,1H3. The molecule has 98 valence electrons. The van der Waals surface area contributed by atoms with Gasteiger partial charge < -0.3 is 4.74 Å². The molecule has 1 aromatic carbocycles. The van der Waals surface area contributed by atoms with Gasteiger partial charge in [-0.05, 0) is 18.2 Å². The number of ketones is 1. The van der Waals surface area contributed by atoms with Crippen molar-refractivity contribution >= 4 is 16.7 Å². The Kier molecular flexibility index (Phi) is 3.09. The van der Waals surface area contributed by atoms with Gasteiger partial charge in [-0.1, -0.05) is 18.2 Å². The molecule has 0 aliphatic heterocycles. The van der Waals surface area contributed by atoms with Gasteiger partial charge in [0.15, 0.2) is 0 Å². The average Bonchev–Trinajstić information content (AvgIpc) is 2.54. The molecule has 0 unspecified atom stereocenters. The van der Waals surface area contributed by atoms with Gasteiger partial charge in [0.05, 0.1) is 12.6 Å². The fourth-order valence-corrected chi connectivity index (χ4v) is 1.89. The van der Waals surface area contributed by atoms with E-state index in [-0.39, 0.29) is 11.5 Å². The number of fused-ring (bicyclic) bond motifs is 1. The number of ether oxygens (including phenoxy) is 1. The van der Waals surface area contributed by atoms with Gasteiger partial charge in [-0.15, -0.1) is 10.2 Å². The Labute approximate surface area is 115 Å². The van der Waals surface area contributed by atoms with Crippen molar-refractivity contribution in [3.05, 3.63) is 59.9 Å². The van der Waals surface area contributed by atoms with Gasteiger partial charge in [0.2, 0.25) is 11.7 Å². The number of methoxy groups -OCH3 is 1. The summed E-state index contributed by atoms with van der Waals surface area (Å²) in [6, 6.07) is 12.6. The first-order valence-corrected chi connectivity index (χ1v) is 6.05. The van der Waals surface area contributed by atoms with Crippen LogP contribution in [-0.4, -0.2) is 28.1 Å². The van der Waals surface area contributed by atoms with Gasteiger partial charge in [-0.2, -0.15) is 0 Å². The normalized spacial score (nSPS) is 10.4. The number of rotatable bonds is 3. The van der Waals surface area contributed by atoms with E-state index in [1.807, 2.05) is 24.3 Å². The van der Waals surface area contributed by atoms with Gasteiger partial charge in [0.1, 0.15) is 5.69 Å². The Morgan fingerprint density at radius 3 is 2.70 bits per heavy atom. The largest absolute Gasteiger partial charge is 0.480 e. The summed E-state index contributed by atoms with van der Waals surface area (Å²) in [6.07, 6.45) is 1.55. The van der Waals surface area contributed by atoms with Crippen molar-refractivity contribution in [1.29, 1.82) is 0 Å². The lowest BCUT2D eigenvalue weighted by atomic mass is 10.1. The third-order valence-electron chi connectivity index (χ3n) is 2.93. The van der Waals surface area contributed by atoms with Crippen molar-refractivity contribution in [2.75, 3.05) is 7.11 Å². The molecule has 0 aliphatic carbocycles. The third-order valence-corrected chi connectivity index (χ3v) is 2.93. The molecule has 2 heterocycles. The average molecular weight is 265 g/mol. The van der Waals surface area contributed by atoms with Crippen LogP contribution in [0.4, 0.5) is 0 Å². The highest BCUT2D eigenvalue weighted by molar-refractivity contribution is 6.08. The molecule has 0 atom stereocenters. The minimum Gasteiger partial charge on any atom is -0.480 e. The molecule has 3 rings (SSSR count). The molecular formula is C15H11N3O2. The van der Waals surface area contributed by atoms with Crippen molar-refractivity contribution in [2.45, 2.75) is 0 Å². The zero-order valence-electron chi connectivity index (χ0n) is 10.8. The summed E-state index contributed by atoms with van der Waals surface area (Å²) in [4.78, 5) is 16.6. The molecule has 5 nitrogen and oxygen atoms in total. The van der Waals surface area contributed by atoms with E-state index in [0.717, 1.165) is 10.9 Å². The molecule has 0 aliphatic rings. The van der Waals surface area contributed by atoms with Crippen molar-refractivity contribution < 1.29 is 9.53 Å². The van der Waals surface area contributed by atoms with Crippen molar-refractivity contribution in [1.82, 2.24) is 15.2 Å². The lowest BCUT2D eigenvalue weighted by Crippen LogP contribution is -2.06. The predicted octanol–water partition coefficient (Wildman–Crippen LogP) is 2.26. The van der Waals surface area contributed by atoms with Gasteiger partial charge >= 0.3 is 0 Å². The summed E-state index contributed by atoms with van der Waals surface area (Å²) < 4.78 is 4.92. The minimum atomic E-state index is -0.210. The molecule has 0 fully saturated rings. The fourth-order valence-electron chi connectivity index (χ4n) is 1.89. The zero-order valence-corrected chi connectivity index (χ0v) is 10.8. The van der Waals surface area contributed by atoms with Crippen LogP contribution in [0.25, 0.3) is 10.9 Å². The first-order valence-electron chi connectivity index (χ1n) is 6.05. The number of aromatic nitrogens is 3. The number of nitrogens with zero attached hydrogens (tertiary/aromatic N) is 3. The number of hydrogen-bond acceptors (Lipinski definition) is 5. The van der Waals surface area contributed by atoms with Crippen molar-refractivity contribution in [2.24, 2.45) is 0 Å². The molecule has 0 spiro atoms. The highest BCUT2D eigenvalue weighted by Crippen LogP contribution is 2.15. The van der Waals surface area contributed by atoms with Crippen LogP contribution in [0.3, 0.4) is 0 Å². The van der Waals surface area contributed by atoms with Crippen LogP contribution >= 0.6 is 0 Å². The number of benzene rings is 1. The van der Waals surface area contributed by atoms with Crippen LogP contribution in [0.2, 0.25) is 0 Å². The van der Waals surface area contributed by atoms with Crippen molar-refractivity contribution in [3.8, 4) is 5.88 Å². The lowest BCUT2D eigenvalue weighted by molar-refractivity contribution is 0.103. The van der Waals surface area contributed by atoms with E-state index in [1.165, 1.54) is 7.11 Å². The number of hydrogen-bond donors (Lipinski definition) is 0. The number of carbonyl (C=O) groups excluding carboxylic acids is 1. The molecule has 0 bridgehead atoms. The van der Waals surface area contributed by atoms with Crippen LogP contribution in [0, 0.1) is 0 Å². The molecule has 2 aromatic heterocycles. The molecule has 0 amide bonds. The van der Waals surface area contributed by atoms with E-state index in [9.17, 15) is 4.79 Å². The van der Waals surface area contributed by atoms with E-state index in [0.29, 0.717) is 11.4 Å². The van der Waals surface area contributed by atoms with Crippen LogP contribution in [0.1, 0.15) is 16.1 Å². The van der Waals surface area contributed by atoms with E-state index in [1.54, 1.807) is 24.4 Å². The van der Waals surface area contributed by atoms with E-state index in [4.69, 9.17) is 4.74 Å². The molecule has 3 aromatic rings. The molecule has 0 saturated carbocycles. The second-order valence-corrected chi connectivity index (χ2v) is 4.21. The zero-order chi connectivity index (χ0) is 13.9. The SMILES string of the molecule is COc1ccc(C(=O)c2cnc3ccccc3c2)nn1. The van der Waals surface area contributed by atoms with Crippen molar-refractivity contribution in [3.63, 3.8) is 0 Å². The highest BCUT2D eigenvalue weighted by Gasteiger charge is 2.12. The van der Waals surface area contributed by atoms with Gasteiger partial charge in [-0.25, -0.2) is 0 Å². The van der Waals surface area contributed by atoms with Gasteiger partial charge in [0, 0.05) is 23.2 Å². The van der Waals surface area contributed by atoms with E-state index in [2.05, 4.69) is 15.2 Å². The van der Waals surface area contributed by atoms with Gasteiger partial charge in [0.25, 0.3) is 0 Å². The first kappa shape index (κ1) is 12.2. The maximum absolute atomic E-state index is 12.3. The topological polar surface area (TPSA) is 65.0 Å². The Morgan fingerprint density at radius 2 is 1.95 bits per heavy atom. The Bertz CT molecular complexity index is 769. The summed E-state index contributed by atoms with van der Waals surface area (Å²) in [5.74, 6) is 0.164. The Hall–Kier alpha value is -2.82. The summed E-state index contributed by atoms with van der Waals surface area (Å²) in [7, 11) is 1.50. The minimum absolute atomic E-state index is 0.210. The highest BCUT2D eigenvalue weighted by atomic mass is 16.5. The molecular weight excluding hydrogens is 254 g/mol. The number of para-hydroxylation sites is 1. The van der Waals surface area contributed by atoms with Crippen LogP contribution in [-0.2, 0) is 0 Å². The molecule has 0 radical (unpaired) electrons. The number of carbonyl (C=O) groups is 1. The quantitative estimate of drug-likeness (QED) is 0.680. The summed E-state index contributed by atoms with van der Waals surface area (Å²) >= 11 is 0. The first-order chi connectivity index (χ1) is 9.78. The molecule has 20 heavy (non-hydrogen) atoms. The maximum Gasteiger partial charge on any atom is 0.233 e. The second-order valence-electron chi connectivity index (χ2n) is 4.21. The third kappa shape index (κ3) is 2.21. The van der Waals surface area contributed by atoms with Crippen LogP contribution in [0.5, 0.6) is 5.88 Å². The second kappa shape index (κ2) is 5.05. The summed E-state index contributed by atoms with van der Waals surface area (Å²) in [5.41, 5.74) is 1.61. The lowest BCUT2D eigenvalue weighted by Gasteiger charge is -2.02. The fraction of sp³-hybridized carbons (Fsp3) is 0.0667. The predicted molar refractivity (Wildman–Crippen MR) is 73.8 cm³/mol. The molecule has 0 N–H and O–H groups in total. The van der Waals surface area contributed by atoms with Crippen LogP contribution < -0.4 is 4.74 Å². The monoisotopic (exact) mass is 265 g/mol. The Balaban J connectivity index is 1.98. The number of pyridine rings is 1. The van der Waals surface area contributed by atoms with E-state index >= 15 is 0 Å². The maximum atomic E-state index is 12.3. The van der Waals surface area contributed by atoms with Gasteiger partial charge in [-0.3, -0.25) is 9.78 Å².